The van der Waals surface area contributed by atoms with Crippen molar-refractivity contribution in [2.75, 3.05) is 0 Å². The SMILES string of the molecule is CCC12OC(C)(CC/C=C(\C)CCCC(C)(O)CCCC(C)C(C)=O)CCC1=CC=C(C)C2C. The Labute approximate surface area is 210 Å². The van der Waals surface area contributed by atoms with E-state index >= 15 is 0 Å². The van der Waals surface area contributed by atoms with Crippen molar-refractivity contribution < 1.29 is 14.6 Å². The second-order valence-corrected chi connectivity index (χ2v) is 12.0. The third-order valence-electron chi connectivity index (χ3n) is 8.85. The predicted molar refractivity (Wildman–Crippen MR) is 144 cm³/mol. The molecule has 1 heterocycles. The smallest absolute Gasteiger partial charge is 0.132 e. The van der Waals surface area contributed by atoms with Crippen LogP contribution in [0.1, 0.15) is 126 Å². The van der Waals surface area contributed by atoms with Gasteiger partial charge in [-0.25, -0.2) is 0 Å². The summed E-state index contributed by atoms with van der Waals surface area (Å²) >= 11 is 0. The molecule has 1 aliphatic carbocycles. The standard InChI is InChI=1S/C31H52O3/c1-9-31-26(5)24(3)16-17-28(31)18-22-30(8,34-31)21-11-14-23(2)13-10-19-29(7,33)20-12-15-25(4)27(6)32/h14,16-17,25-26,33H,9-13,15,18-22H2,1-8H3/b23-14+. The molecule has 0 saturated carbocycles. The summed E-state index contributed by atoms with van der Waals surface area (Å²) in [5.41, 5.74) is 3.49. The molecule has 5 unspecified atom stereocenters. The van der Waals surface area contributed by atoms with Crippen LogP contribution in [0.5, 0.6) is 0 Å². The molecule has 0 aromatic rings. The molecular weight excluding hydrogens is 420 g/mol. The zero-order chi connectivity index (χ0) is 25.6. The summed E-state index contributed by atoms with van der Waals surface area (Å²) in [7, 11) is 0. The molecule has 194 valence electrons. The first-order valence-corrected chi connectivity index (χ1v) is 13.8. The normalized spacial score (nSPS) is 30.1. The summed E-state index contributed by atoms with van der Waals surface area (Å²) in [6.07, 6.45) is 17.8. The lowest BCUT2D eigenvalue weighted by atomic mass is 9.68. The molecule has 0 amide bonds. The van der Waals surface area contributed by atoms with Gasteiger partial charge < -0.3 is 9.84 Å². The molecule has 2 aliphatic rings. The highest BCUT2D eigenvalue weighted by Crippen LogP contribution is 2.50. The van der Waals surface area contributed by atoms with E-state index in [1.54, 1.807) is 6.92 Å². The summed E-state index contributed by atoms with van der Waals surface area (Å²) in [4.78, 5) is 11.4. The van der Waals surface area contributed by atoms with E-state index < -0.39 is 5.60 Å². The highest BCUT2D eigenvalue weighted by Gasteiger charge is 2.49. The molecule has 5 atom stereocenters. The molecular formula is C31H52O3. The van der Waals surface area contributed by atoms with Gasteiger partial charge in [0.25, 0.3) is 0 Å². The summed E-state index contributed by atoms with van der Waals surface area (Å²) < 4.78 is 6.98. The maximum atomic E-state index is 11.4. The van der Waals surface area contributed by atoms with E-state index in [0.717, 1.165) is 70.6 Å². The molecule has 2 rings (SSSR count). The van der Waals surface area contributed by atoms with E-state index in [0.29, 0.717) is 5.92 Å². The molecule has 1 aliphatic heterocycles. The van der Waals surface area contributed by atoms with Gasteiger partial charge in [-0.05, 0) is 111 Å². The molecule has 0 radical (unpaired) electrons. The Morgan fingerprint density at radius 2 is 1.97 bits per heavy atom. The lowest BCUT2D eigenvalue weighted by molar-refractivity contribution is -0.175. The number of hydrogen-bond donors (Lipinski definition) is 1. The Bertz CT molecular complexity index is 786. The summed E-state index contributed by atoms with van der Waals surface area (Å²) in [6, 6.07) is 0. The number of rotatable bonds is 13. The first kappa shape index (κ1) is 29.0. The van der Waals surface area contributed by atoms with Crippen molar-refractivity contribution in [3.8, 4) is 0 Å². The van der Waals surface area contributed by atoms with Crippen molar-refractivity contribution in [2.24, 2.45) is 11.8 Å². The van der Waals surface area contributed by atoms with Gasteiger partial charge in [-0.3, -0.25) is 4.79 Å². The van der Waals surface area contributed by atoms with Crippen LogP contribution < -0.4 is 0 Å². The molecule has 0 bridgehead atoms. The number of aliphatic hydroxyl groups is 1. The van der Waals surface area contributed by atoms with Crippen LogP contribution in [-0.2, 0) is 9.53 Å². The Morgan fingerprint density at radius 3 is 2.62 bits per heavy atom. The topological polar surface area (TPSA) is 46.5 Å². The van der Waals surface area contributed by atoms with Crippen LogP contribution in [0.4, 0.5) is 0 Å². The van der Waals surface area contributed by atoms with E-state index in [2.05, 4.69) is 52.8 Å². The van der Waals surface area contributed by atoms with Gasteiger partial charge >= 0.3 is 0 Å². The largest absolute Gasteiger partial charge is 0.390 e. The van der Waals surface area contributed by atoms with E-state index in [1.165, 1.54) is 16.7 Å². The Balaban J connectivity index is 1.79. The van der Waals surface area contributed by atoms with Gasteiger partial charge in [0.1, 0.15) is 5.78 Å². The molecule has 0 aromatic heterocycles. The molecule has 1 fully saturated rings. The van der Waals surface area contributed by atoms with Crippen molar-refractivity contribution >= 4 is 5.78 Å². The van der Waals surface area contributed by atoms with Crippen LogP contribution in [0.25, 0.3) is 0 Å². The highest BCUT2D eigenvalue weighted by atomic mass is 16.5. The molecule has 1 N–H and O–H groups in total. The number of ether oxygens (including phenoxy) is 1. The third-order valence-corrected chi connectivity index (χ3v) is 8.85. The quantitative estimate of drug-likeness (QED) is 0.274. The van der Waals surface area contributed by atoms with Gasteiger partial charge in [0.15, 0.2) is 0 Å². The minimum absolute atomic E-state index is 0.0727. The summed E-state index contributed by atoms with van der Waals surface area (Å²) in [5.74, 6) is 0.787. The van der Waals surface area contributed by atoms with Gasteiger partial charge in [0.2, 0.25) is 0 Å². The molecule has 3 heteroatoms. The minimum atomic E-state index is -0.636. The van der Waals surface area contributed by atoms with Gasteiger partial charge in [-0.2, -0.15) is 0 Å². The molecule has 3 nitrogen and oxygen atoms in total. The van der Waals surface area contributed by atoms with Crippen LogP contribution in [0.15, 0.2) is 34.9 Å². The zero-order valence-electron chi connectivity index (χ0n) is 23.4. The number of ketones is 1. The Kier molecular flexibility index (Phi) is 10.4. The van der Waals surface area contributed by atoms with Crippen LogP contribution in [0.3, 0.4) is 0 Å². The minimum Gasteiger partial charge on any atom is -0.390 e. The zero-order valence-corrected chi connectivity index (χ0v) is 23.4. The summed E-state index contributed by atoms with van der Waals surface area (Å²) in [5, 5.41) is 10.7. The predicted octanol–water partition coefficient (Wildman–Crippen LogP) is 8.27. The van der Waals surface area contributed by atoms with Crippen LogP contribution >= 0.6 is 0 Å². The number of Topliss-reactive ketones (excluding diaryl/α,β-unsaturated/α-hetero) is 1. The van der Waals surface area contributed by atoms with Crippen LogP contribution in [0.2, 0.25) is 0 Å². The van der Waals surface area contributed by atoms with E-state index in [9.17, 15) is 9.90 Å². The summed E-state index contributed by atoms with van der Waals surface area (Å²) in [6.45, 7) is 17.0. The van der Waals surface area contributed by atoms with Gasteiger partial charge in [-0.15, -0.1) is 0 Å². The Morgan fingerprint density at radius 1 is 1.29 bits per heavy atom. The number of carbonyl (C=O) groups is 1. The fourth-order valence-corrected chi connectivity index (χ4v) is 5.87. The van der Waals surface area contributed by atoms with Crippen LogP contribution in [-0.4, -0.2) is 27.7 Å². The number of hydrogen-bond acceptors (Lipinski definition) is 3. The van der Waals surface area contributed by atoms with E-state index in [1.807, 2.05) is 13.8 Å². The third kappa shape index (κ3) is 7.65. The average molecular weight is 473 g/mol. The fraction of sp³-hybridized carbons (Fsp3) is 0.774. The van der Waals surface area contributed by atoms with Crippen molar-refractivity contribution in [2.45, 2.75) is 143 Å². The van der Waals surface area contributed by atoms with E-state index in [4.69, 9.17) is 4.74 Å². The van der Waals surface area contributed by atoms with Crippen molar-refractivity contribution in [3.05, 3.63) is 34.9 Å². The first-order chi connectivity index (χ1) is 15.8. The maximum absolute atomic E-state index is 11.4. The molecule has 0 spiro atoms. The second kappa shape index (κ2) is 12.2. The first-order valence-electron chi connectivity index (χ1n) is 13.8. The van der Waals surface area contributed by atoms with Crippen molar-refractivity contribution in [3.63, 3.8) is 0 Å². The second-order valence-electron chi connectivity index (χ2n) is 12.0. The molecule has 0 aromatic carbocycles. The lowest BCUT2D eigenvalue weighted by Crippen LogP contribution is -2.53. The van der Waals surface area contributed by atoms with Gasteiger partial charge in [0.05, 0.1) is 16.8 Å². The average Bonchev–Trinajstić information content (AvgIpc) is 2.76. The van der Waals surface area contributed by atoms with Crippen LogP contribution in [0, 0.1) is 11.8 Å². The fourth-order valence-electron chi connectivity index (χ4n) is 5.87. The number of allylic oxidation sites excluding steroid dienone is 4. The highest BCUT2D eigenvalue weighted by molar-refractivity contribution is 5.77. The lowest BCUT2D eigenvalue weighted by Gasteiger charge is -2.53. The monoisotopic (exact) mass is 472 g/mol. The van der Waals surface area contributed by atoms with Crippen molar-refractivity contribution in [1.82, 2.24) is 0 Å². The van der Waals surface area contributed by atoms with Gasteiger partial charge in [-0.1, -0.05) is 50.1 Å². The Hall–Kier alpha value is -1.19. The van der Waals surface area contributed by atoms with E-state index in [-0.39, 0.29) is 22.9 Å². The number of fused-ring (bicyclic) bond motifs is 1. The number of carbonyl (C=O) groups excluding carboxylic acids is 1. The van der Waals surface area contributed by atoms with Gasteiger partial charge in [0, 0.05) is 11.8 Å². The van der Waals surface area contributed by atoms with Crippen molar-refractivity contribution in [1.29, 1.82) is 0 Å². The molecule has 34 heavy (non-hydrogen) atoms. The molecule has 1 saturated heterocycles. The maximum Gasteiger partial charge on any atom is 0.132 e.